The van der Waals surface area contributed by atoms with Crippen molar-refractivity contribution in [3.8, 4) is 58.1 Å². The predicted molar refractivity (Wildman–Crippen MR) is 223 cm³/mol. The molecule has 0 aliphatic carbocycles. The molecule has 0 unspecified atom stereocenters. The molecule has 2 rings (SSSR count). The summed E-state index contributed by atoms with van der Waals surface area (Å²) < 4.78 is 12.4. The van der Waals surface area contributed by atoms with E-state index in [2.05, 4.69) is 164 Å². The minimum Gasteiger partial charge on any atom is -0.492 e. The number of rotatable bonds is 15. The summed E-state index contributed by atoms with van der Waals surface area (Å²) in [5.41, 5.74) is 11.2. The molecule has 0 aliphatic rings. The molecule has 0 spiro atoms. The van der Waals surface area contributed by atoms with Crippen molar-refractivity contribution in [2.45, 2.75) is 156 Å². The molecule has 0 heterocycles. The largest absolute Gasteiger partial charge is 0.492 e. The number of hydrogen-bond donors (Lipinski definition) is 0. The highest BCUT2D eigenvalue weighted by atomic mass is 28.3. The highest BCUT2D eigenvalue weighted by Gasteiger charge is 2.17. The van der Waals surface area contributed by atoms with Crippen LogP contribution in [0.15, 0.2) is 36.4 Å². The summed E-state index contributed by atoms with van der Waals surface area (Å²) in [5, 5.41) is 0. The summed E-state index contributed by atoms with van der Waals surface area (Å²) in [6.45, 7) is 28.3. The van der Waals surface area contributed by atoms with Gasteiger partial charge in [-0.2, -0.15) is 0 Å². The van der Waals surface area contributed by atoms with Crippen LogP contribution in [0.25, 0.3) is 0 Å². The molecular weight excluding hydrogens is 641 g/mol. The van der Waals surface area contributed by atoms with E-state index < -0.39 is 16.1 Å². The summed E-state index contributed by atoms with van der Waals surface area (Å²) in [5.74, 6) is 20.6. The first-order valence-electron chi connectivity index (χ1n) is 19.0. The molecule has 50 heavy (non-hydrogen) atoms. The van der Waals surface area contributed by atoms with Gasteiger partial charge in [-0.05, 0) is 94.6 Å². The fourth-order valence-electron chi connectivity index (χ4n) is 5.06. The van der Waals surface area contributed by atoms with Crippen LogP contribution >= 0.6 is 0 Å². The molecule has 0 fully saturated rings. The van der Waals surface area contributed by atoms with Gasteiger partial charge in [0.05, 0.1) is 24.3 Å². The highest BCUT2D eigenvalue weighted by Crippen LogP contribution is 2.29. The number of ether oxygens (including phenoxy) is 2. The van der Waals surface area contributed by atoms with Crippen molar-refractivity contribution >= 4 is 16.1 Å². The van der Waals surface area contributed by atoms with Crippen LogP contribution in [0.2, 0.25) is 39.3 Å². The van der Waals surface area contributed by atoms with E-state index >= 15 is 0 Å². The van der Waals surface area contributed by atoms with Gasteiger partial charge in [-0.3, -0.25) is 0 Å². The monoisotopic (exact) mass is 706 g/mol. The molecule has 2 aromatic rings. The Balaban J connectivity index is 1.67. The standard InChI is InChI=1S/C46H66O2Si2/c1-45(2,3)41-29-31-43(39(37-41)27-21-25-35-49(7,8)9)47-33-23-19-17-15-13-14-16-18-20-24-34-48-44-32-30-42(46(4,5)6)38-40(44)28-22-26-36-50(10,11)12/h29-32,37-38H,13-20,23-24,33-34H2,1-12H3. The SMILES string of the molecule is CC(C)(C)c1ccc(OCCCCCCCCCCCCOc2ccc(C(C)(C)C)cc2C#CC#C[Si](C)(C)C)c(C#CC#C[Si](C)(C)C)c1. The molecule has 0 amide bonds. The van der Waals surface area contributed by atoms with E-state index in [0.29, 0.717) is 0 Å². The first-order chi connectivity index (χ1) is 23.4. The van der Waals surface area contributed by atoms with Gasteiger partial charge in [0.25, 0.3) is 0 Å². The van der Waals surface area contributed by atoms with Crippen LogP contribution < -0.4 is 9.47 Å². The molecular formula is C46H66O2Si2. The lowest BCUT2D eigenvalue weighted by molar-refractivity contribution is 0.302. The van der Waals surface area contributed by atoms with Gasteiger partial charge in [-0.25, -0.2) is 0 Å². The normalized spacial score (nSPS) is 11.5. The molecule has 0 bridgehead atoms. The van der Waals surface area contributed by atoms with E-state index in [1.165, 1.54) is 62.5 Å². The fraction of sp³-hybridized carbons (Fsp3) is 0.565. The Labute approximate surface area is 310 Å². The van der Waals surface area contributed by atoms with Crippen molar-refractivity contribution in [1.82, 2.24) is 0 Å². The first-order valence-corrected chi connectivity index (χ1v) is 26.0. The second kappa shape index (κ2) is 20.5. The van der Waals surface area contributed by atoms with Gasteiger partial charge in [0.15, 0.2) is 0 Å². The van der Waals surface area contributed by atoms with Crippen LogP contribution in [0.4, 0.5) is 0 Å². The molecule has 2 nitrogen and oxygen atoms in total. The number of hydrogen-bond acceptors (Lipinski definition) is 2. The van der Waals surface area contributed by atoms with E-state index in [0.717, 1.165) is 48.7 Å². The second-order valence-corrected chi connectivity index (χ2v) is 27.2. The third kappa shape index (κ3) is 18.6. The lowest BCUT2D eigenvalue weighted by atomic mass is 9.86. The zero-order chi connectivity index (χ0) is 37.3. The van der Waals surface area contributed by atoms with Gasteiger partial charge >= 0.3 is 0 Å². The Morgan fingerprint density at radius 3 is 1.08 bits per heavy atom. The quantitative estimate of drug-likeness (QED) is 0.104. The summed E-state index contributed by atoms with van der Waals surface area (Å²) in [6, 6.07) is 12.9. The highest BCUT2D eigenvalue weighted by molar-refractivity contribution is 6.84. The second-order valence-electron chi connectivity index (χ2n) is 17.7. The van der Waals surface area contributed by atoms with Crippen LogP contribution in [0, 0.1) is 46.6 Å². The van der Waals surface area contributed by atoms with Crippen molar-refractivity contribution in [3.05, 3.63) is 58.7 Å². The minimum atomic E-state index is -1.43. The Morgan fingerprint density at radius 1 is 0.460 bits per heavy atom. The lowest BCUT2D eigenvalue weighted by Gasteiger charge is -2.20. The van der Waals surface area contributed by atoms with Crippen molar-refractivity contribution in [3.63, 3.8) is 0 Å². The van der Waals surface area contributed by atoms with E-state index in [4.69, 9.17) is 9.47 Å². The Kier molecular flexibility index (Phi) is 17.6. The molecule has 0 atom stereocenters. The Hall–Kier alpha value is -3.29. The van der Waals surface area contributed by atoms with Crippen LogP contribution in [0.5, 0.6) is 11.5 Å². The zero-order valence-corrected chi connectivity index (χ0v) is 35.8. The van der Waals surface area contributed by atoms with E-state index in [9.17, 15) is 0 Å². The van der Waals surface area contributed by atoms with E-state index in [1.807, 2.05) is 0 Å². The van der Waals surface area contributed by atoms with Gasteiger partial charge in [0.1, 0.15) is 27.6 Å². The van der Waals surface area contributed by atoms with Crippen molar-refractivity contribution in [1.29, 1.82) is 0 Å². The van der Waals surface area contributed by atoms with E-state index in [1.54, 1.807) is 0 Å². The molecule has 0 aliphatic heterocycles. The average molecular weight is 707 g/mol. The van der Waals surface area contributed by atoms with Crippen LogP contribution in [0.1, 0.15) is 128 Å². The summed E-state index contributed by atoms with van der Waals surface area (Å²) in [4.78, 5) is 0. The molecule has 0 N–H and O–H groups in total. The maximum Gasteiger partial charge on any atom is 0.134 e. The Morgan fingerprint density at radius 2 is 0.780 bits per heavy atom. The molecule has 4 heteroatoms. The van der Waals surface area contributed by atoms with Crippen LogP contribution in [-0.2, 0) is 10.8 Å². The number of unbranched alkanes of at least 4 members (excludes halogenated alkanes) is 9. The third-order valence-corrected chi connectivity index (χ3v) is 9.89. The maximum atomic E-state index is 6.22. The predicted octanol–water partition coefficient (Wildman–Crippen LogP) is 12.1. The Bertz CT molecular complexity index is 1490. The van der Waals surface area contributed by atoms with Gasteiger partial charge in [-0.15, -0.1) is 11.1 Å². The van der Waals surface area contributed by atoms with Crippen molar-refractivity contribution in [2.24, 2.45) is 0 Å². The molecule has 0 saturated carbocycles. The molecule has 0 saturated heterocycles. The molecule has 0 aromatic heterocycles. The van der Waals surface area contributed by atoms with Crippen molar-refractivity contribution < 1.29 is 9.47 Å². The zero-order valence-electron chi connectivity index (χ0n) is 33.8. The van der Waals surface area contributed by atoms with E-state index in [-0.39, 0.29) is 10.8 Å². The van der Waals surface area contributed by atoms with Crippen LogP contribution in [-0.4, -0.2) is 29.4 Å². The lowest BCUT2D eigenvalue weighted by Crippen LogP contribution is -2.16. The van der Waals surface area contributed by atoms with Crippen LogP contribution in [0.3, 0.4) is 0 Å². The summed E-state index contributed by atoms with van der Waals surface area (Å²) >= 11 is 0. The van der Waals surface area contributed by atoms with Gasteiger partial charge in [-0.1, -0.05) is 144 Å². The smallest absolute Gasteiger partial charge is 0.134 e. The fourth-order valence-corrected chi connectivity index (χ4v) is 5.93. The topological polar surface area (TPSA) is 18.5 Å². The molecule has 0 radical (unpaired) electrons. The first kappa shape index (κ1) is 42.9. The molecule has 2 aromatic carbocycles. The van der Waals surface area contributed by atoms with Gasteiger partial charge < -0.3 is 9.47 Å². The third-order valence-electron chi connectivity index (χ3n) is 8.14. The molecule has 270 valence electrons. The van der Waals surface area contributed by atoms with Crippen molar-refractivity contribution in [2.75, 3.05) is 13.2 Å². The summed E-state index contributed by atoms with van der Waals surface area (Å²) in [6.07, 6.45) is 12.3. The number of benzene rings is 2. The minimum absolute atomic E-state index is 0.0655. The summed E-state index contributed by atoms with van der Waals surface area (Å²) in [7, 11) is -2.87. The van der Waals surface area contributed by atoms with Gasteiger partial charge in [0, 0.05) is 0 Å². The maximum absolute atomic E-state index is 6.22. The van der Waals surface area contributed by atoms with Gasteiger partial charge in [0.2, 0.25) is 0 Å². The average Bonchev–Trinajstić information content (AvgIpc) is 3.00.